The summed E-state index contributed by atoms with van der Waals surface area (Å²) < 4.78 is 36.3. The van der Waals surface area contributed by atoms with E-state index in [1.165, 1.54) is 11.6 Å². The van der Waals surface area contributed by atoms with Crippen LogP contribution in [0, 0.1) is 11.6 Å². The van der Waals surface area contributed by atoms with Crippen LogP contribution in [-0.2, 0) is 16.6 Å². The van der Waals surface area contributed by atoms with Crippen LogP contribution in [0.15, 0.2) is 36.4 Å². The van der Waals surface area contributed by atoms with Gasteiger partial charge in [0.15, 0.2) is 5.82 Å². The van der Waals surface area contributed by atoms with E-state index in [0.29, 0.717) is 17.0 Å². The Morgan fingerprint density at radius 3 is 2.42 bits per heavy atom. The van der Waals surface area contributed by atoms with Crippen molar-refractivity contribution < 1.29 is 23.1 Å². The predicted octanol–water partition coefficient (Wildman–Crippen LogP) is 2.28. The molecule has 9 nitrogen and oxygen atoms in total. The average molecular weight is 428 g/mol. The van der Waals surface area contributed by atoms with Crippen molar-refractivity contribution >= 4 is 17.7 Å². The maximum absolute atomic E-state index is 14.9. The van der Waals surface area contributed by atoms with E-state index in [-0.39, 0.29) is 30.2 Å². The van der Waals surface area contributed by atoms with Crippen molar-refractivity contribution in [2.45, 2.75) is 13.0 Å². The summed E-state index contributed by atoms with van der Waals surface area (Å²) in [5.74, 6) is -1.39. The molecule has 160 valence electrons. The number of hydrogen-bond acceptors (Lipinski definition) is 6. The Bertz CT molecular complexity index is 1130. The van der Waals surface area contributed by atoms with Gasteiger partial charge in [0.05, 0.1) is 24.3 Å². The molecule has 1 atom stereocenters. The molecular weight excluding hydrogens is 410 g/mol. The van der Waals surface area contributed by atoms with Crippen LogP contribution in [0.25, 0.3) is 22.5 Å². The number of nitrogens with one attached hydrogen (secondary N) is 1. The van der Waals surface area contributed by atoms with E-state index >= 15 is 0 Å². The zero-order valence-electron chi connectivity index (χ0n) is 16.7. The fraction of sp³-hybridized carbons (Fsp3) is 0.250. The van der Waals surface area contributed by atoms with Crippen molar-refractivity contribution in [2.75, 3.05) is 18.0 Å². The summed E-state index contributed by atoms with van der Waals surface area (Å²) in [7, 11) is 1.69. The molecule has 4 rings (SSSR count). The number of aryl methyl sites for hydroxylation is 1. The second-order valence-electron chi connectivity index (χ2n) is 7.04. The standard InChI is InChI=1S/C20H18F2N6O3/c1-11(29)23-9-15-10-28(20(30)31-15)14-7-16(21)18(17(22)8-14)12-3-5-13(6-4-12)19-24-25-26-27(19)2/h3-8,15H,9-10H2,1-2H3,(H,23,29)/t15-/m0/s1. The van der Waals surface area contributed by atoms with Gasteiger partial charge in [0.2, 0.25) is 5.91 Å². The summed E-state index contributed by atoms with van der Waals surface area (Å²) in [6.07, 6.45) is -1.34. The second kappa shape index (κ2) is 8.09. The monoisotopic (exact) mass is 428 g/mol. The van der Waals surface area contributed by atoms with Gasteiger partial charge < -0.3 is 10.1 Å². The quantitative estimate of drug-likeness (QED) is 0.669. The van der Waals surface area contributed by atoms with Gasteiger partial charge in [-0.1, -0.05) is 24.3 Å². The number of anilines is 1. The SMILES string of the molecule is CC(=O)NC[C@H]1CN(c2cc(F)c(-c3ccc(-c4nnnn4C)cc3)c(F)c2)C(=O)O1. The number of hydrogen-bond donors (Lipinski definition) is 1. The first-order valence-corrected chi connectivity index (χ1v) is 9.38. The van der Waals surface area contributed by atoms with Gasteiger partial charge in [0.1, 0.15) is 17.7 Å². The molecule has 1 aliphatic heterocycles. The molecule has 1 aliphatic rings. The van der Waals surface area contributed by atoms with Gasteiger partial charge in [0.25, 0.3) is 0 Å². The van der Waals surface area contributed by atoms with E-state index in [4.69, 9.17) is 4.74 Å². The Morgan fingerprint density at radius 1 is 1.19 bits per heavy atom. The van der Waals surface area contributed by atoms with Crippen LogP contribution in [0.4, 0.5) is 19.3 Å². The van der Waals surface area contributed by atoms with Gasteiger partial charge in [-0.05, 0) is 28.1 Å². The lowest BCUT2D eigenvalue weighted by Gasteiger charge is -2.15. The smallest absolute Gasteiger partial charge is 0.414 e. The van der Waals surface area contributed by atoms with Crippen molar-refractivity contribution in [2.24, 2.45) is 7.05 Å². The molecular formula is C20H18F2N6O3. The number of rotatable bonds is 5. The number of benzene rings is 2. The minimum absolute atomic E-state index is 0.0378. The lowest BCUT2D eigenvalue weighted by Crippen LogP contribution is -2.33. The molecule has 3 aromatic rings. The topological polar surface area (TPSA) is 102 Å². The largest absolute Gasteiger partial charge is 0.442 e. The third-order valence-corrected chi connectivity index (χ3v) is 4.84. The highest BCUT2D eigenvalue weighted by molar-refractivity contribution is 5.90. The van der Waals surface area contributed by atoms with E-state index < -0.39 is 23.8 Å². The first kappa shape index (κ1) is 20.4. The van der Waals surface area contributed by atoms with Gasteiger partial charge in [-0.2, -0.15) is 0 Å². The molecule has 2 amide bonds. The van der Waals surface area contributed by atoms with E-state index in [2.05, 4.69) is 20.8 Å². The number of cyclic esters (lactones) is 1. The average Bonchev–Trinajstić information content (AvgIpc) is 3.31. The van der Waals surface area contributed by atoms with Crippen LogP contribution < -0.4 is 10.2 Å². The molecule has 0 unspecified atom stereocenters. The Morgan fingerprint density at radius 2 is 1.84 bits per heavy atom. The number of aromatic nitrogens is 4. The highest BCUT2D eigenvalue weighted by Gasteiger charge is 2.33. The summed E-state index contributed by atoms with van der Waals surface area (Å²) in [5, 5.41) is 13.8. The Balaban J connectivity index is 1.57. The zero-order valence-corrected chi connectivity index (χ0v) is 16.7. The molecule has 0 spiro atoms. The highest BCUT2D eigenvalue weighted by atomic mass is 19.1. The maximum Gasteiger partial charge on any atom is 0.414 e. The van der Waals surface area contributed by atoms with Crippen LogP contribution in [0.5, 0.6) is 0 Å². The van der Waals surface area contributed by atoms with Gasteiger partial charge in [0, 0.05) is 19.5 Å². The third-order valence-electron chi connectivity index (χ3n) is 4.84. The number of nitrogens with zero attached hydrogens (tertiary/aromatic N) is 5. The van der Waals surface area contributed by atoms with Gasteiger partial charge in [-0.15, -0.1) is 5.10 Å². The molecule has 2 heterocycles. The number of carbonyl (C=O) groups is 2. The molecule has 2 aromatic carbocycles. The van der Waals surface area contributed by atoms with Crippen LogP contribution in [0.2, 0.25) is 0 Å². The minimum atomic E-state index is -0.818. The molecule has 0 bridgehead atoms. The van der Waals surface area contributed by atoms with Crippen molar-refractivity contribution in [3.8, 4) is 22.5 Å². The summed E-state index contributed by atoms with van der Waals surface area (Å²) in [4.78, 5) is 24.3. The molecule has 0 aliphatic carbocycles. The Kier molecular flexibility index (Phi) is 5.32. The van der Waals surface area contributed by atoms with Crippen molar-refractivity contribution in [3.05, 3.63) is 48.0 Å². The van der Waals surface area contributed by atoms with Crippen LogP contribution >= 0.6 is 0 Å². The summed E-state index contributed by atoms with van der Waals surface area (Å²) >= 11 is 0. The van der Waals surface area contributed by atoms with Crippen molar-refractivity contribution in [3.63, 3.8) is 0 Å². The molecule has 11 heteroatoms. The van der Waals surface area contributed by atoms with Crippen LogP contribution in [0.1, 0.15) is 6.92 Å². The lowest BCUT2D eigenvalue weighted by molar-refractivity contribution is -0.119. The van der Waals surface area contributed by atoms with E-state index in [0.717, 1.165) is 17.0 Å². The first-order chi connectivity index (χ1) is 14.8. The Labute approximate surface area is 175 Å². The first-order valence-electron chi connectivity index (χ1n) is 9.38. The summed E-state index contributed by atoms with van der Waals surface area (Å²) in [6.45, 7) is 1.53. The lowest BCUT2D eigenvalue weighted by atomic mass is 10.0. The zero-order chi connectivity index (χ0) is 22.1. The molecule has 1 aromatic heterocycles. The van der Waals surface area contributed by atoms with Crippen molar-refractivity contribution in [1.29, 1.82) is 0 Å². The molecule has 0 saturated carbocycles. The van der Waals surface area contributed by atoms with Gasteiger partial charge in [-0.25, -0.2) is 18.3 Å². The maximum atomic E-state index is 14.9. The molecule has 0 radical (unpaired) electrons. The fourth-order valence-corrected chi connectivity index (χ4v) is 3.35. The summed E-state index contributed by atoms with van der Waals surface area (Å²) in [6, 6.07) is 8.63. The second-order valence-corrected chi connectivity index (χ2v) is 7.04. The highest BCUT2D eigenvalue weighted by Crippen LogP contribution is 2.32. The summed E-state index contributed by atoms with van der Waals surface area (Å²) in [5.41, 5.74) is 0.844. The molecule has 1 saturated heterocycles. The predicted molar refractivity (Wildman–Crippen MR) is 106 cm³/mol. The minimum Gasteiger partial charge on any atom is -0.442 e. The van der Waals surface area contributed by atoms with E-state index in [1.807, 2.05) is 0 Å². The van der Waals surface area contributed by atoms with Gasteiger partial charge in [-0.3, -0.25) is 9.69 Å². The molecule has 1 N–H and O–H groups in total. The Hall–Kier alpha value is -3.89. The third kappa shape index (κ3) is 4.06. The molecule has 1 fully saturated rings. The number of tetrazole rings is 1. The number of amides is 2. The van der Waals surface area contributed by atoms with E-state index in [9.17, 15) is 18.4 Å². The van der Waals surface area contributed by atoms with Gasteiger partial charge >= 0.3 is 6.09 Å². The van der Waals surface area contributed by atoms with Crippen LogP contribution in [-0.4, -0.2) is 51.4 Å². The normalized spacial score (nSPS) is 15.8. The number of halogens is 2. The fourth-order valence-electron chi connectivity index (χ4n) is 3.35. The number of ether oxygens (including phenoxy) is 1. The number of carbonyl (C=O) groups excluding carboxylic acids is 2. The van der Waals surface area contributed by atoms with Crippen LogP contribution in [0.3, 0.4) is 0 Å². The molecule has 31 heavy (non-hydrogen) atoms. The van der Waals surface area contributed by atoms with Crippen molar-refractivity contribution in [1.82, 2.24) is 25.5 Å². The van der Waals surface area contributed by atoms with E-state index in [1.54, 1.807) is 31.3 Å².